The van der Waals surface area contributed by atoms with Crippen LogP contribution in [0.2, 0.25) is 0 Å². The van der Waals surface area contributed by atoms with Crippen LogP contribution < -0.4 is 10.2 Å². The number of nitrogens with one attached hydrogen (secondary N) is 1. The average molecular weight is 374 g/mol. The normalized spacial score (nSPS) is 14.8. The monoisotopic (exact) mass is 374 g/mol. The molecule has 1 fully saturated rings. The van der Waals surface area contributed by atoms with Crippen molar-refractivity contribution in [2.24, 2.45) is 0 Å². The van der Waals surface area contributed by atoms with E-state index in [0.717, 1.165) is 55.9 Å². The number of hydrogen-bond donors (Lipinski definition) is 1. The number of aromatic nitrogens is 3. The Balaban J connectivity index is 1.36. The molecule has 0 aliphatic carbocycles. The zero-order valence-corrected chi connectivity index (χ0v) is 16.3. The van der Waals surface area contributed by atoms with Gasteiger partial charge >= 0.3 is 0 Å². The number of piperazine rings is 1. The lowest BCUT2D eigenvalue weighted by molar-refractivity contribution is 0.248. The molecule has 6 heteroatoms. The highest BCUT2D eigenvalue weighted by Gasteiger charge is 2.19. The minimum Gasteiger partial charge on any atom is -0.364 e. The maximum atomic E-state index is 4.74. The van der Waals surface area contributed by atoms with Crippen molar-refractivity contribution in [3.63, 3.8) is 0 Å². The zero-order chi connectivity index (χ0) is 19.2. The summed E-state index contributed by atoms with van der Waals surface area (Å²) in [5, 5.41) is 3.37. The van der Waals surface area contributed by atoms with E-state index in [9.17, 15) is 0 Å². The van der Waals surface area contributed by atoms with Gasteiger partial charge in [0, 0.05) is 50.7 Å². The van der Waals surface area contributed by atoms with Crippen LogP contribution in [-0.4, -0.2) is 46.0 Å². The summed E-state index contributed by atoms with van der Waals surface area (Å²) in [6.45, 7) is 7.59. The summed E-state index contributed by atoms with van der Waals surface area (Å²) in [5.41, 5.74) is 3.33. The van der Waals surface area contributed by atoms with E-state index in [0.29, 0.717) is 6.54 Å². The van der Waals surface area contributed by atoms with Crippen molar-refractivity contribution in [3.8, 4) is 0 Å². The average Bonchev–Trinajstić information content (AvgIpc) is 2.74. The molecule has 0 radical (unpaired) electrons. The molecule has 0 spiro atoms. The first-order chi connectivity index (χ1) is 13.8. The standard InChI is InChI=1S/C22H26N6/c1-18-15-21(24-16-20-9-5-6-10-23-20)26-22(25-18)28-13-11-27(12-14-28)17-19-7-3-2-4-8-19/h2-10,15H,11-14,16-17H2,1H3,(H,24,25,26). The first-order valence-corrected chi connectivity index (χ1v) is 9.77. The second-order valence-electron chi connectivity index (χ2n) is 7.12. The van der Waals surface area contributed by atoms with E-state index in [1.54, 1.807) is 0 Å². The molecule has 28 heavy (non-hydrogen) atoms. The summed E-state index contributed by atoms with van der Waals surface area (Å²) in [7, 11) is 0. The summed E-state index contributed by atoms with van der Waals surface area (Å²) in [5.74, 6) is 1.66. The van der Waals surface area contributed by atoms with Crippen molar-refractivity contribution < 1.29 is 0 Å². The van der Waals surface area contributed by atoms with E-state index in [1.165, 1.54) is 5.56 Å². The van der Waals surface area contributed by atoms with Crippen LogP contribution in [0.1, 0.15) is 17.0 Å². The molecule has 4 rings (SSSR count). The van der Waals surface area contributed by atoms with Gasteiger partial charge in [0.15, 0.2) is 0 Å². The molecule has 0 amide bonds. The van der Waals surface area contributed by atoms with Gasteiger partial charge in [0.05, 0.1) is 12.2 Å². The van der Waals surface area contributed by atoms with Crippen LogP contribution in [-0.2, 0) is 13.1 Å². The van der Waals surface area contributed by atoms with Gasteiger partial charge in [-0.05, 0) is 24.6 Å². The lowest BCUT2D eigenvalue weighted by Gasteiger charge is -2.35. The summed E-state index contributed by atoms with van der Waals surface area (Å²) < 4.78 is 0. The number of pyridine rings is 1. The molecule has 1 aliphatic heterocycles. The van der Waals surface area contributed by atoms with Crippen LogP contribution in [0.15, 0.2) is 60.8 Å². The molecule has 1 saturated heterocycles. The van der Waals surface area contributed by atoms with E-state index in [-0.39, 0.29) is 0 Å². The maximum Gasteiger partial charge on any atom is 0.227 e. The fourth-order valence-electron chi connectivity index (χ4n) is 3.42. The van der Waals surface area contributed by atoms with Gasteiger partial charge in [-0.2, -0.15) is 4.98 Å². The second kappa shape index (κ2) is 8.80. The Morgan fingerprint density at radius 3 is 2.46 bits per heavy atom. The van der Waals surface area contributed by atoms with E-state index < -0.39 is 0 Å². The maximum absolute atomic E-state index is 4.74. The topological polar surface area (TPSA) is 57.2 Å². The summed E-state index contributed by atoms with van der Waals surface area (Å²) in [4.78, 5) is 18.5. The highest BCUT2D eigenvalue weighted by atomic mass is 15.3. The van der Waals surface area contributed by atoms with E-state index in [4.69, 9.17) is 4.98 Å². The molecule has 1 N–H and O–H groups in total. The summed E-state index contributed by atoms with van der Waals surface area (Å²) >= 11 is 0. The predicted octanol–water partition coefficient (Wildman–Crippen LogP) is 3.11. The highest BCUT2D eigenvalue weighted by Crippen LogP contribution is 2.17. The lowest BCUT2D eigenvalue weighted by Crippen LogP contribution is -2.46. The van der Waals surface area contributed by atoms with Crippen LogP contribution in [0.4, 0.5) is 11.8 Å². The van der Waals surface area contributed by atoms with Crippen molar-refractivity contribution in [2.75, 3.05) is 36.4 Å². The van der Waals surface area contributed by atoms with Gasteiger partial charge < -0.3 is 10.2 Å². The number of benzene rings is 1. The molecule has 6 nitrogen and oxygen atoms in total. The molecule has 3 aromatic rings. The fourth-order valence-corrected chi connectivity index (χ4v) is 3.42. The minimum absolute atomic E-state index is 0.654. The summed E-state index contributed by atoms with van der Waals surface area (Å²) in [6, 6.07) is 18.6. The minimum atomic E-state index is 0.654. The quantitative estimate of drug-likeness (QED) is 0.715. The van der Waals surface area contributed by atoms with Crippen molar-refractivity contribution in [2.45, 2.75) is 20.0 Å². The van der Waals surface area contributed by atoms with Crippen LogP contribution >= 0.6 is 0 Å². The number of nitrogens with zero attached hydrogens (tertiary/aromatic N) is 5. The molecule has 1 aliphatic rings. The van der Waals surface area contributed by atoms with Gasteiger partial charge in [-0.25, -0.2) is 4.98 Å². The van der Waals surface area contributed by atoms with Crippen LogP contribution in [0.3, 0.4) is 0 Å². The number of aryl methyl sites for hydroxylation is 1. The van der Waals surface area contributed by atoms with Crippen molar-refractivity contribution in [3.05, 3.63) is 77.7 Å². The zero-order valence-electron chi connectivity index (χ0n) is 16.3. The van der Waals surface area contributed by atoms with Crippen LogP contribution in [0.25, 0.3) is 0 Å². The predicted molar refractivity (Wildman–Crippen MR) is 112 cm³/mol. The van der Waals surface area contributed by atoms with Gasteiger partial charge in [0.1, 0.15) is 5.82 Å². The van der Waals surface area contributed by atoms with Crippen LogP contribution in [0, 0.1) is 6.92 Å². The van der Waals surface area contributed by atoms with Crippen molar-refractivity contribution in [1.82, 2.24) is 19.9 Å². The Hall–Kier alpha value is -2.99. The first-order valence-electron chi connectivity index (χ1n) is 9.77. The molecule has 1 aromatic carbocycles. The fraction of sp³-hybridized carbons (Fsp3) is 0.318. The summed E-state index contributed by atoms with van der Waals surface area (Å²) in [6.07, 6.45) is 1.81. The molecule has 0 unspecified atom stereocenters. The smallest absolute Gasteiger partial charge is 0.227 e. The third-order valence-corrected chi connectivity index (χ3v) is 4.92. The third-order valence-electron chi connectivity index (χ3n) is 4.92. The SMILES string of the molecule is Cc1cc(NCc2ccccn2)nc(N2CCN(Cc3ccccc3)CC2)n1. The number of hydrogen-bond acceptors (Lipinski definition) is 6. The highest BCUT2D eigenvalue weighted by molar-refractivity contribution is 5.44. The van der Waals surface area contributed by atoms with E-state index in [2.05, 4.69) is 55.4 Å². The molecule has 0 saturated carbocycles. The Morgan fingerprint density at radius 2 is 1.71 bits per heavy atom. The van der Waals surface area contributed by atoms with Crippen molar-refractivity contribution in [1.29, 1.82) is 0 Å². The first kappa shape index (κ1) is 18.4. The lowest BCUT2D eigenvalue weighted by atomic mass is 10.2. The number of rotatable bonds is 6. The van der Waals surface area contributed by atoms with Gasteiger partial charge in [-0.3, -0.25) is 9.88 Å². The van der Waals surface area contributed by atoms with Crippen molar-refractivity contribution >= 4 is 11.8 Å². The Labute approximate surface area is 166 Å². The molecule has 0 atom stereocenters. The molecule has 2 aromatic heterocycles. The van der Waals surface area contributed by atoms with Gasteiger partial charge in [-0.15, -0.1) is 0 Å². The van der Waals surface area contributed by atoms with E-state index >= 15 is 0 Å². The molecule has 0 bridgehead atoms. The van der Waals surface area contributed by atoms with Gasteiger partial charge in [0.25, 0.3) is 0 Å². The molecule has 3 heterocycles. The Morgan fingerprint density at radius 1 is 0.929 bits per heavy atom. The molecule has 144 valence electrons. The number of anilines is 2. The Kier molecular flexibility index (Phi) is 5.77. The second-order valence-corrected chi connectivity index (χ2v) is 7.12. The third kappa shape index (κ3) is 4.84. The molecular weight excluding hydrogens is 348 g/mol. The van der Waals surface area contributed by atoms with E-state index in [1.807, 2.05) is 37.4 Å². The van der Waals surface area contributed by atoms with Gasteiger partial charge in [0.2, 0.25) is 5.95 Å². The Bertz CT molecular complexity index is 876. The molecular formula is C22H26N6. The van der Waals surface area contributed by atoms with Gasteiger partial charge in [-0.1, -0.05) is 36.4 Å². The van der Waals surface area contributed by atoms with Crippen LogP contribution in [0.5, 0.6) is 0 Å². The largest absolute Gasteiger partial charge is 0.364 e.